The standard InChI is InChI=1S/C3H8O3P.Li/c1-6-7(2,5)3-4;/h4H,2-3H2,1H3;/q-1;+1. The van der Waals surface area contributed by atoms with Crippen molar-refractivity contribution in [1.29, 1.82) is 0 Å². The minimum Gasteiger partial charge on any atom is -0.389 e. The van der Waals surface area contributed by atoms with E-state index in [-0.39, 0.29) is 18.9 Å². The van der Waals surface area contributed by atoms with Crippen LogP contribution < -0.4 is 18.9 Å². The fourth-order valence-corrected chi connectivity index (χ4v) is 0.173. The summed E-state index contributed by atoms with van der Waals surface area (Å²) in [7, 11) is -1.59. The number of hydrogen-bond donors (Lipinski definition) is 1. The van der Waals surface area contributed by atoms with Gasteiger partial charge in [0.25, 0.3) is 0 Å². The zero-order chi connectivity index (χ0) is 5.91. The molecule has 0 amide bonds. The van der Waals surface area contributed by atoms with Gasteiger partial charge in [-0.15, -0.1) is 0 Å². The van der Waals surface area contributed by atoms with Crippen LogP contribution in [0.1, 0.15) is 0 Å². The molecule has 0 aromatic rings. The molecule has 8 heavy (non-hydrogen) atoms. The van der Waals surface area contributed by atoms with E-state index >= 15 is 0 Å². The van der Waals surface area contributed by atoms with E-state index in [1.54, 1.807) is 0 Å². The predicted molar refractivity (Wildman–Crippen MR) is 27.1 cm³/mol. The molecule has 0 aromatic carbocycles. The second-order valence-corrected chi connectivity index (χ2v) is 3.42. The third-order valence-electron chi connectivity index (χ3n) is 0.548. The third kappa shape index (κ3) is 4.90. The van der Waals surface area contributed by atoms with E-state index < -0.39 is 13.7 Å². The molecule has 0 aliphatic carbocycles. The van der Waals surface area contributed by atoms with Crippen LogP contribution in [-0.2, 0) is 9.09 Å². The largest absolute Gasteiger partial charge is 1.00 e. The van der Waals surface area contributed by atoms with E-state index in [1.165, 1.54) is 7.11 Å². The normalized spacial score (nSPS) is 16.4. The molecule has 0 heterocycles. The topological polar surface area (TPSA) is 46.5 Å². The first-order chi connectivity index (χ1) is 3.12. The van der Waals surface area contributed by atoms with Crippen LogP contribution >= 0.6 is 7.37 Å². The molecular formula is C3H8LiO3P. The summed E-state index contributed by atoms with van der Waals surface area (Å²) >= 11 is 0. The van der Waals surface area contributed by atoms with E-state index in [2.05, 4.69) is 11.2 Å². The predicted octanol–water partition coefficient (Wildman–Crippen LogP) is -2.34. The fourth-order valence-electron chi connectivity index (χ4n) is 0.0577. The van der Waals surface area contributed by atoms with Crippen LogP contribution in [0.4, 0.5) is 0 Å². The van der Waals surface area contributed by atoms with E-state index in [0.29, 0.717) is 0 Å². The zero-order valence-electron chi connectivity index (χ0n) is 5.13. The van der Waals surface area contributed by atoms with Crippen molar-refractivity contribution in [3.63, 3.8) is 0 Å². The molecular weight excluding hydrogens is 122 g/mol. The summed E-state index contributed by atoms with van der Waals surface area (Å²) in [4.78, 5) is 0. The molecule has 3 nitrogen and oxygen atoms in total. The van der Waals surface area contributed by atoms with Crippen molar-refractivity contribution in [2.75, 3.05) is 13.5 Å². The van der Waals surface area contributed by atoms with Crippen LogP contribution in [0.3, 0.4) is 0 Å². The van der Waals surface area contributed by atoms with Gasteiger partial charge in [-0.05, 0) is 0 Å². The SMILES string of the molecule is [CH2-]P(=O)(CO)OC.[Li+]. The van der Waals surface area contributed by atoms with Gasteiger partial charge in [-0.3, -0.25) is 6.66 Å². The second kappa shape index (κ2) is 4.61. The molecule has 0 bridgehead atoms. The Hall–Kier alpha value is 0.747. The van der Waals surface area contributed by atoms with E-state index in [1.807, 2.05) is 0 Å². The quantitative estimate of drug-likeness (QED) is 0.259. The monoisotopic (exact) mass is 130 g/mol. The van der Waals surface area contributed by atoms with Crippen molar-refractivity contribution in [3.05, 3.63) is 6.66 Å². The van der Waals surface area contributed by atoms with Crippen molar-refractivity contribution in [1.82, 2.24) is 0 Å². The number of aliphatic hydroxyl groups excluding tert-OH is 1. The molecule has 1 N–H and O–H groups in total. The van der Waals surface area contributed by atoms with Gasteiger partial charge in [-0.1, -0.05) is 0 Å². The molecule has 5 heteroatoms. The van der Waals surface area contributed by atoms with Crippen LogP contribution in [0.5, 0.6) is 0 Å². The Morgan fingerprint density at radius 3 is 2.25 bits per heavy atom. The molecule has 0 saturated carbocycles. The maximum Gasteiger partial charge on any atom is 1.00 e. The number of rotatable bonds is 2. The molecule has 1 unspecified atom stereocenters. The van der Waals surface area contributed by atoms with Gasteiger partial charge in [0.2, 0.25) is 0 Å². The van der Waals surface area contributed by atoms with Crippen molar-refractivity contribution >= 4 is 7.37 Å². The van der Waals surface area contributed by atoms with Gasteiger partial charge in [-0.2, -0.15) is 0 Å². The Balaban J connectivity index is 0. The Bertz CT molecular complexity index is 86.5. The molecule has 0 aromatic heterocycles. The molecule has 0 aliphatic heterocycles. The summed E-state index contributed by atoms with van der Waals surface area (Å²) < 4.78 is 14.6. The summed E-state index contributed by atoms with van der Waals surface area (Å²) in [6.45, 7) is 3.09. The molecule has 0 aliphatic rings. The smallest absolute Gasteiger partial charge is 0.389 e. The maximum atomic E-state index is 10.4. The molecule has 1 atom stereocenters. The maximum absolute atomic E-state index is 10.4. The van der Waals surface area contributed by atoms with Gasteiger partial charge in [0, 0.05) is 7.11 Å². The van der Waals surface area contributed by atoms with Crippen molar-refractivity contribution in [2.45, 2.75) is 0 Å². The fraction of sp³-hybridized carbons (Fsp3) is 0.667. The van der Waals surface area contributed by atoms with E-state index in [0.717, 1.165) is 0 Å². The molecule has 0 rings (SSSR count). The molecule has 0 fully saturated rings. The van der Waals surface area contributed by atoms with Crippen LogP contribution in [0, 0.1) is 6.66 Å². The molecule has 44 valence electrons. The van der Waals surface area contributed by atoms with E-state index in [9.17, 15) is 4.57 Å². The van der Waals surface area contributed by atoms with Crippen molar-refractivity contribution in [3.8, 4) is 0 Å². The molecule has 0 spiro atoms. The molecule has 0 saturated heterocycles. The van der Waals surface area contributed by atoms with Crippen molar-refractivity contribution < 1.29 is 33.1 Å². The average molecular weight is 130 g/mol. The van der Waals surface area contributed by atoms with Crippen LogP contribution in [0.15, 0.2) is 0 Å². The van der Waals surface area contributed by atoms with Gasteiger partial charge in [0.15, 0.2) is 0 Å². The number of aliphatic hydroxyl groups is 1. The summed E-state index contributed by atoms with van der Waals surface area (Å²) in [6, 6.07) is 0. The van der Waals surface area contributed by atoms with Gasteiger partial charge in [0.05, 0.1) is 13.7 Å². The Morgan fingerprint density at radius 2 is 2.25 bits per heavy atom. The average Bonchev–Trinajstić information content (AvgIpc) is 1.68. The third-order valence-corrected chi connectivity index (χ3v) is 1.64. The Morgan fingerprint density at radius 1 is 1.88 bits per heavy atom. The first-order valence-electron chi connectivity index (χ1n) is 1.72. The van der Waals surface area contributed by atoms with E-state index in [4.69, 9.17) is 5.11 Å². The van der Waals surface area contributed by atoms with Crippen LogP contribution in [0.25, 0.3) is 0 Å². The summed E-state index contributed by atoms with van der Waals surface area (Å²) in [5, 5.41) is 8.14. The first-order valence-corrected chi connectivity index (χ1v) is 3.72. The number of hydrogen-bond acceptors (Lipinski definition) is 3. The van der Waals surface area contributed by atoms with Gasteiger partial charge >= 0.3 is 18.9 Å². The Kier molecular flexibility index (Phi) is 6.65. The van der Waals surface area contributed by atoms with Gasteiger partial charge in [0.1, 0.15) is 0 Å². The summed E-state index contributed by atoms with van der Waals surface area (Å²) in [5.41, 5.74) is 0. The minimum atomic E-state index is -2.85. The van der Waals surface area contributed by atoms with Crippen LogP contribution in [-0.4, -0.2) is 18.6 Å². The molecule has 0 radical (unpaired) electrons. The zero-order valence-corrected chi connectivity index (χ0v) is 6.02. The summed E-state index contributed by atoms with van der Waals surface area (Å²) in [5.74, 6) is 0. The van der Waals surface area contributed by atoms with Crippen molar-refractivity contribution in [2.24, 2.45) is 0 Å². The minimum absolute atomic E-state index is 0. The second-order valence-electron chi connectivity index (χ2n) is 1.14. The van der Waals surface area contributed by atoms with Gasteiger partial charge in [-0.25, -0.2) is 0 Å². The summed E-state index contributed by atoms with van der Waals surface area (Å²) in [6.07, 6.45) is -0.483. The van der Waals surface area contributed by atoms with Gasteiger partial charge < -0.3 is 14.2 Å². The van der Waals surface area contributed by atoms with Crippen LogP contribution in [0.2, 0.25) is 0 Å². The Labute approximate surface area is 61.1 Å². The first kappa shape index (κ1) is 11.5.